The van der Waals surface area contributed by atoms with Crippen molar-refractivity contribution in [1.29, 1.82) is 0 Å². The smallest absolute Gasteiger partial charge is 0.0137 e. The summed E-state index contributed by atoms with van der Waals surface area (Å²) in [6.07, 6.45) is 17.7. The van der Waals surface area contributed by atoms with E-state index in [1.54, 1.807) is 0 Å². The molecule has 0 aromatic carbocycles. The minimum absolute atomic E-state index is 0.500. The molecular formula is C29H60. The highest BCUT2D eigenvalue weighted by Crippen LogP contribution is 2.24. The van der Waals surface area contributed by atoms with Crippen LogP contribution in [0.4, 0.5) is 0 Å². The quantitative estimate of drug-likeness (QED) is 0.235. The number of unbranched alkanes of at least 4 members (excludes halogenated alkanes) is 2. The van der Waals surface area contributed by atoms with Crippen LogP contribution in [0.3, 0.4) is 0 Å². The molecule has 29 heavy (non-hydrogen) atoms. The van der Waals surface area contributed by atoms with Crippen LogP contribution < -0.4 is 0 Å². The van der Waals surface area contributed by atoms with Gasteiger partial charge in [0.25, 0.3) is 0 Å². The Hall–Kier alpha value is -1.04. The third-order valence-electron chi connectivity index (χ3n) is 3.02. The van der Waals surface area contributed by atoms with Gasteiger partial charge in [-0.15, -0.1) is 13.2 Å². The molecule has 0 aromatic heterocycles. The first kappa shape index (κ1) is 38.6. The van der Waals surface area contributed by atoms with E-state index in [1.807, 2.05) is 39.8 Å². The van der Waals surface area contributed by atoms with Gasteiger partial charge < -0.3 is 0 Å². The first-order valence-corrected chi connectivity index (χ1v) is 12.2. The molecule has 176 valence electrons. The van der Waals surface area contributed by atoms with Crippen molar-refractivity contribution in [2.45, 2.75) is 128 Å². The molecule has 1 unspecified atom stereocenters. The van der Waals surface area contributed by atoms with Gasteiger partial charge in [0.1, 0.15) is 0 Å². The molecule has 0 fully saturated rings. The molecule has 0 rings (SSSR count). The van der Waals surface area contributed by atoms with Gasteiger partial charge in [-0.25, -0.2) is 0 Å². The normalized spacial score (nSPS) is 10.4. The van der Waals surface area contributed by atoms with Crippen LogP contribution in [-0.2, 0) is 0 Å². The van der Waals surface area contributed by atoms with Crippen LogP contribution in [0.25, 0.3) is 0 Å². The summed E-state index contributed by atoms with van der Waals surface area (Å²) in [5.41, 5.74) is 1.89. The largest absolute Gasteiger partial charge is 0.103 e. The fourth-order valence-electron chi connectivity index (χ4n) is 1.89. The molecule has 1 atom stereocenters. The molecular weight excluding hydrogens is 348 g/mol. The molecule has 0 aliphatic heterocycles. The Morgan fingerprint density at radius 2 is 1.24 bits per heavy atom. The van der Waals surface area contributed by atoms with Crippen molar-refractivity contribution in [1.82, 2.24) is 0 Å². The van der Waals surface area contributed by atoms with Gasteiger partial charge in [-0.1, -0.05) is 132 Å². The summed E-state index contributed by atoms with van der Waals surface area (Å²) in [6.45, 7) is 35.0. The molecule has 0 bridgehead atoms. The van der Waals surface area contributed by atoms with E-state index in [2.05, 4.69) is 80.4 Å². The number of hydrogen-bond donors (Lipinski definition) is 0. The molecule has 0 aromatic rings. The van der Waals surface area contributed by atoms with Gasteiger partial charge >= 0.3 is 0 Å². The van der Waals surface area contributed by atoms with E-state index in [0.717, 1.165) is 19.3 Å². The number of rotatable bonds is 11. The van der Waals surface area contributed by atoms with Gasteiger partial charge in [0.2, 0.25) is 0 Å². The molecule has 0 amide bonds. The van der Waals surface area contributed by atoms with Gasteiger partial charge in [0, 0.05) is 0 Å². The van der Waals surface area contributed by atoms with Gasteiger partial charge in [-0.2, -0.15) is 0 Å². The lowest BCUT2D eigenvalue weighted by atomic mass is 9.89. The zero-order valence-electron chi connectivity index (χ0n) is 22.7. The average Bonchev–Trinajstić information content (AvgIpc) is 2.67. The first-order chi connectivity index (χ1) is 13.7. The predicted octanol–water partition coefficient (Wildman–Crippen LogP) is 11.4. The highest BCUT2D eigenvalue weighted by atomic mass is 14.1. The highest BCUT2D eigenvalue weighted by molar-refractivity contribution is 5.05. The standard InChI is InChI=1S/C17H28.C5H12.C3H8.2C2H6/c1-5-8-10-12-15-17(13-7-3)16(4)14-11-9-6-2;1-5(2,3)4;1-3-2;2*1-2/h5,7,10,12,17H,1,3-4,6,8-9,11,13-15H2,2H3;1-4H3;3H2,1-2H3;2*1-2H3/b12-10-;;;;. The van der Waals surface area contributed by atoms with E-state index in [1.165, 1.54) is 37.7 Å². The van der Waals surface area contributed by atoms with E-state index in [9.17, 15) is 0 Å². The second-order valence-electron chi connectivity index (χ2n) is 8.28. The molecule has 0 spiro atoms. The maximum absolute atomic E-state index is 4.24. The molecule has 0 saturated carbocycles. The second-order valence-corrected chi connectivity index (χ2v) is 8.28. The second kappa shape index (κ2) is 34.5. The van der Waals surface area contributed by atoms with E-state index in [0.29, 0.717) is 11.3 Å². The van der Waals surface area contributed by atoms with Crippen molar-refractivity contribution >= 4 is 0 Å². The monoisotopic (exact) mass is 408 g/mol. The Kier molecular flexibility index (Phi) is 45.8. The van der Waals surface area contributed by atoms with Gasteiger partial charge in [-0.3, -0.25) is 0 Å². The Bertz CT molecular complexity index is 318. The SMILES string of the molecule is C=CC/C=C\CC(CC=C)C(=C)CCCCC.CC.CC.CC(C)(C)C.CCC. The Labute approximate surface area is 188 Å². The molecule has 0 nitrogen and oxygen atoms in total. The first-order valence-electron chi connectivity index (χ1n) is 12.2. The van der Waals surface area contributed by atoms with E-state index >= 15 is 0 Å². The van der Waals surface area contributed by atoms with Gasteiger partial charge in [0.15, 0.2) is 0 Å². The average molecular weight is 409 g/mol. The van der Waals surface area contributed by atoms with Crippen LogP contribution in [0.5, 0.6) is 0 Å². The van der Waals surface area contributed by atoms with E-state index < -0.39 is 0 Å². The molecule has 0 saturated heterocycles. The Balaban J connectivity index is -0.000000132. The summed E-state index contributed by atoms with van der Waals surface area (Å²) < 4.78 is 0. The van der Waals surface area contributed by atoms with Crippen molar-refractivity contribution < 1.29 is 0 Å². The van der Waals surface area contributed by atoms with Crippen molar-refractivity contribution in [3.63, 3.8) is 0 Å². The molecule has 0 aliphatic rings. The molecule has 0 N–H and O–H groups in total. The summed E-state index contributed by atoms with van der Waals surface area (Å²) in [6, 6.07) is 0. The van der Waals surface area contributed by atoms with Crippen molar-refractivity contribution in [3.8, 4) is 0 Å². The fourth-order valence-corrected chi connectivity index (χ4v) is 1.89. The molecule has 0 aliphatic carbocycles. The van der Waals surface area contributed by atoms with E-state index in [-0.39, 0.29) is 0 Å². The third kappa shape index (κ3) is 58.4. The fraction of sp³-hybridized carbons (Fsp3) is 0.724. The summed E-state index contributed by atoms with van der Waals surface area (Å²) in [5, 5.41) is 0. The lowest BCUT2D eigenvalue weighted by molar-refractivity contribution is 0.469. The maximum atomic E-state index is 4.24. The summed E-state index contributed by atoms with van der Waals surface area (Å²) in [5.74, 6) is 0.574. The molecule has 0 radical (unpaired) electrons. The van der Waals surface area contributed by atoms with Gasteiger partial charge in [-0.05, 0) is 43.4 Å². The van der Waals surface area contributed by atoms with Crippen LogP contribution >= 0.6 is 0 Å². The van der Waals surface area contributed by atoms with Crippen LogP contribution in [-0.4, -0.2) is 0 Å². The van der Waals surface area contributed by atoms with Crippen LogP contribution in [0, 0.1) is 11.3 Å². The lowest BCUT2D eigenvalue weighted by Gasteiger charge is -2.16. The Morgan fingerprint density at radius 1 is 0.793 bits per heavy atom. The van der Waals surface area contributed by atoms with Crippen molar-refractivity contribution in [2.24, 2.45) is 11.3 Å². The Morgan fingerprint density at radius 3 is 1.59 bits per heavy atom. The van der Waals surface area contributed by atoms with Crippen molar-refractivity contribution in [3.05, 3.63) is 49.6 Å². The van der Waals surface area contributed by atoms with Crippen LogP contribution in [0.15, 0.2) is 49.6 Å². The van der Waals surface area contributed by atoms with Crippen molar-refractivity contribution in [2.75, 3.05) is 0 Å². The lowest BCUT2D eigenvalue weighted by Crippen LogP contribution is -2.01. The minimum Gasteiger partial charge on any atom is -0.103 e. The highest BCUT2D eigenvalue weighted by Gasteiger charge is 2.08. The predicted molar refractivity (Wildman–Crippen MR) is 144 cm³/mol. The molecule has 0 heteroatoms. The summed E-state index contributed by atoms with van der Waals surface area (Å²) >= 11 is 0. The van der Waals surface area contributed by atoms with Gasteiger partial charge in [0.05, 0.1) is 0 Å². The summed E-state index contributed by atoms with van der Waals surface area (Å²) in [7, 11) is 0. The molecule has 0 heterocycles. The van der Waals surface area contributed by atoms with Crippen LogP contribution in [0.1, 0.15) is 128 Å². The number of hydrogen-bond acceptors (Lipinski definition) is 0. The zero-order valence-corrected chi connectivity index (χ0v) is 22.7. The minimum atomic E-state index is 0.500. The topological polar surface area (TPSA) is 0 Å². The number of allylic oxidation sites excluding steroid dienone is 5. The maximum Gasteiger partial charge on any atom is -0.0137 e. The summed E-state index contributed by atoms with van der Waals surface area (Å²) in [4.78, 5) is 0. The van der Waals surface area contributed by atoms with E-state index in [4.69, 9.17) is 0 Å². The van der Waals surface area contributed by atoms with Crippen LogP contribution in [0.2, 0.25) is 0 Å². The zero-order chi connectivity index (χ0) is 24.1. The third-order valence-corrected chi connectivity index (χ3v) is 3.02.